The summed E-state index contributed by atoms with van der Waals surface area (Å²) in [6.07, 6.45) is 4.75. The first-order valence-corrected chi connectivity index (χ1v) is 7.30. The third kappa shape index (κ3) is 4.29. The molecule has 2 aromatic rings. The van der Waals surface area contributed by atoms with Gasteiger partial charge in [0.2, 0.25) is 0 Å². The van der Waals surface area contributed by atoms with Crippen molar-refractivity contribution in [1.82, 2.24) is 4.98 Å². The standard InChI is InChI=1S/C17H18N2O4/c1-3-22-16(20)15(17(21)23-4-2)11-19-14-6-5-12-7-8-18-10-13(12)9-14/h5-11,19H,3-4H2,1-2H3. The largest absolute Gasteiger partial charge is 0.462 e. The van der Waals surface area contributed by atoms with Gasteiger partial charge < -0.3 is 14.8 Å². The molecule has 0 aliphatic rings. The maximum absolute atomic E-state index is 11.9. The van der Waals surface area contributed by atoms with Gasteiger partial charge in [-0.1, -0.05) is 6.07 Å². The van der Waals surface area contributed by atoms with Crippen molar-refractivity contribution in [1.29, 1.82) is 0 Å². The van der Waals surface area contributed by atoms with Crippen LogP contribution in [0.3, 0.4) is 0 Å². The fourth-order valence-electron chi connectivity index (χ4n) is 1.95. The van der Waals surface area contributed by atoms with Crippen LogP contribution in [-0.4, -0.2) is 30.1 Å². The van der Waals surface area contributed by atoms with Gasteiger partial charge in [0.15, 0.2) is 5.57 Å². The Labute approximate surface area is 134 Å². The van der Waals surface area contributed by atoms with E-state index in [4.69, 9.17) is 9.47 Å². The zero-order valence-corrected chi connectivity index (χ0v) is 13.0. The van der Waals surface area contributed by atoms with Gasteiger partial charge in [-0.25, -0.2) is 9.59 Å². The molecule has 0 spiro atoms. The van der Waals surface area contributed by atoms with E-state index in [2.05, 4.69) is 10.3 Å². The fourth-order valence-corrected chi connectivity index (χ4v) is 1.95. The highest BCUT2D eigenvalue weighted by Gasteiger charge is 2.20. The molecule has 0 aliphatic carbocycles. The lowest BCUT2D eigenvalue weighted by atomic mass is 10.1. The van der Waals surface area contributed by atoms with Gasteiger partial charge in [-0.3, -0.25) is 4.98 Å². The van der Waals surface area contributed by atoms with E-state index < -0.39 is 11.9 Å². The summed E-state index contributed by atoms with van der Waals surface area (Å²) in [5.41, 5.74) is 0.539. The molecule has 6 nitrogen and oxygen atoms in total. The van der Waals surface area contributed by atoms with Crippen LogP contribution >= 0.6 is 0 Å². The van der Waals surface area contributed by atoms with Crippen LogP contribution in [0.1, 0.15) is 13.8 Å². The van der Waals surface area contributed by atoms with Crippen molar-refractivity contribution in [2.45, 2.75) is 13.8 Å². The molecule has 0 saturated carbocycles. The topological polar surface area (TPSA) is 77.5 Å². The third-order valence-electron chi connectivity index (χ3n) is 3.01. The van der Waals surface area contributed by atoms with Gasteiger partial charge in [0, 0.05) is 29.7 Å². The van der Waals surface area contributed by atoms with Crippen LogP contribution in [0.2, 0.25) is 0 Å². The van der Waals surface area contributed by atoms with Crippen molar-refractivity contribution in [3.05, 3.63) is 48.4 Å². The summed E-state index contributed by atoms with van der Waals surface area (Å²) < 4.78 is 9.74. The van der Waals surface area contributed by atoms with Crippen molar-refractivity contribution in [2.24, 2.45) is 0 Å². The minimum atomic E-state index is -0.721. The molecule has 0 atom stereocenters. The van der Waals surface area contributed by atoms with E-state index in [1.807, 2.05) is 24.3 Å². The first-order valence-electron chi connectivity index (χ1n) is 7.30. The van der Waals surface area contributed by atoms with Crippen LogP contribution in [0.4, 0.5) is 5.69 Å². The maximum Gasteiger partial charge on any atom is 0.347 e. The predicted octanol–water partition coefficient (Wildman–Crippen LogP) is 2.66. The van der Waals surface area contributed by atoms with Crippen molar-refractivity contribution in [3.8, 4) is 0 Å². The molecule has 2 rings (SSSR count). The monoisotopic (exact) mass is 314 g/mol. The number of carbonyl (C=O) groups is 2. The van der Waals surface area contributed by atoms with Gasteiger partial charge in [0.05, 0.1) is 13.2 Å². The Balaban J connectivity index is 2.23. The Morgan fingerprint density at radius 2 is 1.78 bits per heavy atom. The Bertz CT molecular complexity index is 720. The maximum atomic E-state index is 11.9. The van der Waals surface area contributed by atoms with E-state index in [1.165, 1.54) is 6.20 Å². The van der Waals surface area contributed by atoms with Gasteiger partial charge in [-0.05, 0) is 37.4 Å². The lowest BCUT2D eigenvalue weighted by Crippen LogP contribution is -2.19. The first-order chi connectivity index (χ1) is 11.2. The molecule has 0 radical (unpaired) electrons. The molecular formula is C17H18N2O4. The number of hydrogen-bond acceptors (Lipinski definition) is 6. The average Bonchev–Trinajstić information content (AvgIpc) is 2.55. The quantitative estimate of drug-likeness (QED) is 0.382. The molecule has 6 heteroatoms. The number of nitrogens with one attached hydrogen (secondary N) is 1. The van der Waals surface area contributed by atoms with Crippen molar-refractivity contribution in [2.75, 3.05) is 18.5 Å². The smallest absolute Gasteiger partial charge is 0.347 e. The number of aromatic nitrogens is 1. The first kappa shape index (κ1) is 16.5. The number of esters is 2. The van der Waals surface area contributed by atoms with Crippen LogP contribution in [0.5, 0.6) is 0 Å². The van der Waals surface area contributed by atoms with E-state index in [1.54, 1.807) is 26.2 Å². The van der Waals surface area contributed by atoms with Crippen molar-refractivity contribution in [3.63, 3.8) is 0 Å². The molecule has 23 heavy (non-hydrogen) atoms. The number of benzene rings is 1. The summed E-state index contributed by atoms with van der Waals surface area (Å²) in [5, 5.41) is 4.92. The van der Waals surface area contributed by atoms with Crippen LogP contribution < -0.4 is 5.32 Å². The van der Waals surface area contributed by atoms with Crippen LogP contribution in [0.25, 0.3) is 10.8 Å². The molecule has 1 heterocycles. The summed E-state index contributed by atoms with van der Waals surface area (Å²) in [5.74, 6) is -1.44. The van der Waals surface area contributed by atoms with E-state index >= 15 is 0 Å². The van der Waals surface area contributed by atoms with E-state index in [-0.39, 0.29) is 18.8 Å². The number of hydrogen-bond donors (Lipinski definition) is 1. The van der Waals surface area contributed by atoms with E-state index in [0.717, 1.165) is 16.5 Å². The number of pyridine rings is 1. The number of anilines is 1. The van der Waals surface area contributed by atoms with E-state index in [0.29, 0.717) is 0 Å². The number of carbonyl (C=O) groups excluding carboxylic acids is 2. The van der Waals surface area contributed by atoms with Gasteiger partial charge >= 0.3 is 11.9 Å². The van der Waals surface area contributed by atoms with Crippen molar-refractivity contribution < 1.29 is 19.1 Å². The molecular weight excluding hydrogens is 296 g/mol. The minimum absolute atomic E-state index is 0.178. The molecule has 0 amide bonds. The van der Waals surface area contributed by atoms with Gasteiger partial charge in [0.25, 0.3) is 0 Å². The zero-order chi connectivity index (χ0) is 16.7. The predicted molar refractivity (Wildman–Crippen MR) is 86.7 cm³/mol. The number of nitrogens with zero attached hydrogens (tertiary/aromatic N) is 1. The van der Waals surface area contributed by atoms with Crippen LogP contribution in [-0.2, 0) is 19.1 Å². The zero-order valence-electron chi connectivity index (χ0n) is 13.0. The fraction of sp³-hybridized carbons (Fsp3) is 0.235. The van der Waals surface area contributed by atoms with Gasteiger partial charge in [-0.2, -0.15) is 0 Å². The molecule has 0 saturated heterocycles. The molecule has 1 N–H and O–H groups in total. The van der Waals surface area contributed by atoms with Crippen LogP contribution in [0, 0.1) is 0 Å². The molecule has 0 unspecified atom stereocenters. The number of ether oxygens (including phenoxy) is 2. The molecule has 0 fully saturated rings. The molecule has 1 aromatic heterocycles. The summed E-state index contributed by atoms with van der Waals surface area (Å²) in [6.45, 7) is 3.70. The van der Waals surface area contributed by atoms with Gasteiger partial charge in [0.1, 0.15) is 0 Å². The van der Waals surface area contributed by atoms with Crippen LogP contribution in [0.15, 0.2) is 48.4 Å². The minimum Gasteiger partial charge on any atom is -0.462 e. The number of fused-ring (bicyclic) bond motifs is 1. The Kier molecular flexibility index (Phi) is 5.68. The third-order valence-corrected chi connectivity index (χ3v) is 3.01. The highest BCUT2D eigenvalue weighted by Crippen LogP contribution is 2.18. The summed E-state index contributed by atoms with van der Waals surface area (Å²) in [4.78, 5) is 27.8. The lowest BCUT2D eigenvalue weighted by molar-refractivity contribution is -0.146. The second kappa shape index (κ2) is 7.93. The highest BCUT2D eigenvalue weighted by atomic mass is 16.6. The molecule has 120 valence electrons. The normalized spacial score (nSPS) is 10.0. The molecule has 0 aliphatic heterocycles. The van der Waals surface area contributed by atoms with Crippen molar-refractivity contribution >= 4 is 28.4 Å². The second-order valence-corrected chi connectivity index (χ2v) is 4.58. The van der Waals surface area contributed by atoms with Gasteiger partial charge in [-0.15, -0.1) is 0 Å². The SMILES string of the molecule is CCOC(=O)C(=CNc1ccc2ccncc2c1)C(=O)OCC. The second-order valence-electron chi connectivity index (χ2n) is 4.58. The Morgan fingerprint density at radius 3 is 2.43 bits per heavy atom. The summed E-state index contributed by atoms with van der Waals surface area (Å²) >= 11 is 0. The molecule has 1 aromatic carbocycles. The summed E-state index contributed by atoms with van der Waals surface area (Å²) in [6, 6.07) is 7.53. The average molecular weight is 314 g/mol. The Morgan fingerprint density at radius 1 is 1.09 bits per heavy atom. The number of rotatable bonds is 6. The lowest BCUT2D eigenvalue weighted by Gasteiger charge is -2.08. The van der Waals surface area contributed by atoms with E-state index in [9.17, 15) is 9.59 Å². The highest BCUT2D eigenvalue weighted by molar-refractivity contribution is 6.14. The summed E-state index contributed by atoms with van der Waals surface area (Å²) in [7, 11) is 0. The Hall–Kier alpha value is -2.89. The molecule has 0 bridgehead atoms.